The Morgan fingerprint density at radius 1 is 0.944 bits per heavy atom. The van der Waals surface area contributed by atoms with E-state index < -0.39 is 0 Å². The van der Waals surface area contributed by atoms with Gasteiger partial charge in [0, 0.05) is 30.2 Å². The van der Waals surface area contributed by atoms with Crippen LogP contribution in [0.15, 0.2) is 61.1 Å². The molecule has 0 atom stereocenters. The number of aromatic nitrogens is 3. The number of nitrogens with zero attached hydrogens (tertiary/aromatic N) is 2. The Labute approximate surface area is 104 Å². The van der Waals surface area contributed by atoms with Crippen molar-refractivity contribution >= 4 is 0 Å². The molecule has 0 saturated carbocycles. The number of hydrogen-bond donors (Lipinski definition) is 1. The molecule has 0 saturated heterocycles. The molecular weight excluding hydrogens is 226 g/mol. The van der Waals surface area contributed by atoms with Crippen LogP contribution in [-0.2, 0) is 0 Å². The zero-order chi connectivity index (χ0) is 12.2. The van der Waals surface area contributed by atoms with Gasteiger partial charge in [-0.25, -0.2) is 9.97 Å². The van der Waals surface area contributed by atoms with Crippen molar-refractivity contribution in [2.24, 2.45) is 0 Å². The van der Waals surface area contributed by atoms with Gasteiger partial charge in [0.15, 0.2) is 0 Å². The van der Waals surface area contributed by atoms with Gasteiger partial charge in [-0.05, 0) is 18.2 Å². The van der Waals surface area contributed by atoms with Gasteiger partial charge < -0.3 is 9.72 Å². The number of rotatable bonds is 3. The lowest BCUT2D eigenvalue weighted by Crippen LogP contribution is -1.88. The van der Waals surface area contributed by atoms with Gasteiger partial charge in [0.25, 0.3) is 0 Å². The van der Waals surface area contributed by atoms with Crippen LogP contribution in [0.4, 0.5) is 0 Å². The maximum Gasteiger partial charge on any atom is 0.219 e. The summed E-state index contributed by atoms with van der Waals surface area (Å²) in [6.07, 6.45) is 5.23. The summed E-state index contributed by atoms with van der Waals surface area (Å²) in [4.78, 5) is 11.4. The molecule has 0 aliphatic heterocycles. The van der Waals surface area contributed by atoms with Crippen LogP contribution >= 0.6 is 0 Å². The van der Waals surface area contributed by atoms with Crippen molar-refractivity contribution in [1.82, 2.24) is 15.0 Å². The summed E-state index contributed by atoms with van der Waals surface area (Å²) < 4.78 is 5.61. The molecule has 18 heavy (non-hydrogen) atoms. The molecule has 0 spiro atoms. The van der Waals surface area contributed by atoms with Gasteiger partial charge in [0.1, 0.15) is 11.6 Å². The summed E-state index contributed by atoms with van der Waals surface area (Å²) in [5, 5.41) is 0. The zero-order valence-electron chi connectivity index (χ0n) is 9.58. The molecule has 0 aliphatic carbocycles. The first-order chi connectivity index (χ1) is 8.92. The quantitative estimate of drug-likeness (QED) is 0.760. The molecule has 0 aliphatic rings. The van der Waals surface area contributed by atoms with Crippen LogP contribution in [0.5, 0.6) is 11.6 Å². The fraction of sp³-hybridized carbons (Fsp3) is 0. The number of pyridine rings is 1. The number of para-hydroxylation sites is 1. The van der Waals surface area contributed by atoms with Crippen molar-refractivity contribution in [3.63, 3.8) is 0 Å². The van der Waals surface area contributed by atoms with Crippen molar-refractivity contribution in [3.05, 3.63) is 61.1 Å². The molecule has 3 aromatic rings. The molecule has 0 fully saturated rings. The third-order valence-corrected chi connectivity index (χ3v) is 2.47. The van der Waals surface area contributed by atoms with Gasteiger partial charge in [0.05, 0.1) is 0 Å². The Morgan fingerprint density at radius 3 is 2.50 bits per heavy atom. The standard InChI is InChI=1S/C14H11N3O/c1-2-4-12(5-3-1)18-13-7-6-11(10-17-13)14-15-8-9-16-14/h1-10H,(H,15,16). The predicted octanol–water partition coefficient (Wildman–Crippen LogP) is 3.26. The highest BCUT2D eigenvalue weighted by Crippen LogP contribution is 2.21. The number of H-pyrrole nitrogens is 1. The summed E-state index contributed by atoms with van der Waals surface area (Å²) >= 11 is 0. The van der Waals surface area contributed by atoms with E-state index in [1.807, 2.05) is 42.5 Å². The van der Waals surface area contributed by atoms with E-state index in [0.29, 0.717) is 5.88 Å². The molecule has 0 unspecified atom stereocenters. The van der Waals surface area contributed by atoms with Crippen LogP contribution in [0.2, 0.25) is 0 Å². The maximum absolute atomic E-state index is 5.61. The normalized spacial score (nSPS) is 10.2. The van der Waals surface area contributed by atoms with Crippen molar-refractivity contribution < 1.29 is 4.74 Å². The van der Waals surface area contributed by atoms with E-state index in [1.165, 1.54) is 0 Å². The second-order valence-corrected chi connectivity index (χ2v) is 3.74. The number of benzene rings is 1. The van der Waals surface area contributed by atoms with Crippen LogP contribution in [-0.4, -0.2) is 15.0 Å². The SMILES string of the molecule is c1ccc(Oc2ccc(-c3ncc[nH]3)cn2)cc1. The number of imidazole rings is 1. The third kappa shape index (κ3) is 2.22. The Balaban J connectivity index is 1.80. The molecule has 0 bridgehead atoms. The molecule has 4 nitrogen and oxygen atoms in total. The van der Waals surface area contributed by atoms with Crippen molar-refractivity contribution in [1.29, 1.82) is 0 Å². The topological polar surface area (TPSA) is 50.8 Å². The van der Waals surface area contributed by atoms with E-state index in [9.17, 15) is 0 Å². The van der Waals surface area contributed by atoms with Crippen LogP contribution in [0.25, 0.3) is 11.4 Å². The van der Waals surface area contributed by atoms with Crippen LogP contribution < -0.4 is 4.74 Å². The maximum atomic E-state index is 5.61. The van der Waals surface area contributed by atoms with E-state index in [2.05, 4.69) is 15.0 Å². The summed E-state index contributed by atoms with van der Waals surface area (Å²) in [6.45, 7) is 0. The highest BCUT2D eigenvalue weighted by atomic mass is 16.5. The first-order valence-electron chi connectivity index (χ1n) is 5.60. The van der Waals surface area contributed by atoms with Crippen LogP contribution in [0.3, 0.4) is 0 Å². The Kier molecular flexibility index (Phi) is 2.75. The van der Waals surface area contributed by atoms with E-state index in [-0.39, 0.29) is 0 Å². The largest absolute Gasteiger partial charge is 0.439 e. The van der Waals surface area contributed by atoms with Gasteiger partial charge in [0.2, 0.25) is 5.88 Å². The molecule has 0 amide bonds. The summed E-state index contributed by atoms with van der Waals surface area (Å²) in [6, 6.07) is 13.3. The Morgan fingerprint density at radius 2 is 1.83 bits per heavy atom. The minimum Gasteiger partial charge on any atom is -0.439 e. The average Bonchev–Trinajstić information content (AvgIpc) is 2.95. The first kappa shape index (κ1) is 10.5. The smallest absolute Gasteiger partial charge is 0.219 e. The number of aromatic amines is 1. The van der Waals surface area contributed by atoms with Gasteiger partial charge in [-0.3, -0.25) is 0 Å². The van der Waals surface area contributed by atoms with E-state index in [4.69, 9.17) is 4.74 Å². The molecule has 0 radical (unpaired) electrons. The lowest BCUT2D eigenvalue weighted by molar-refractivity contribution is 0.463. The van der Waals surface area contributed by atoms with Crippen LogP contribution in [0, 0.1) is 0 Å². The lowest BCUT2D eigenvalue weighted by Gasteiger charge is -2.04. The fourth-order valence-corrected chi connectivity index (χ4v) is 1.61. The highest BCUT2D eigenvalue weighted by Gasteiger charge is 2.02. The molecule has 1 aromatic carbocycles. The average molecular weight is 237 g/mol. The molecular formula is C14H11N3O. The van der Waals surface area contributed by atoms with E-state index >= 15 is 0 Å². The Bertz CT molecular complexity index is 603. The molecule has 88 valence electrons. The Hall–Kier alpha value is -2.62. The van der Waals surface area contributed by atoms with Crippen molar-refractivity contribution in [2.75, 3.05) is 0 Å². The minimum absolute atomic E-state index is 0.566. The number of hydrogen-bond acceptors (Lipinski definition) is 3. The van der Waals surface area contributed by atoms with E-state index in [1.54, 1.807) is 18.6 Å². The third-order valence-electron chi connectivity index (χ3n) is 2.47. The zero-order valence-corrected chi connectivity index (χ0v) is 9.58. The monoisotopic (exact) mass is 237 g/mol. The van der Waals surface area contributed by atoms with Gasteiger partial charge >= 0.3 is 0 Å². The number of ether oxygens (including phenoxy) is 1. The highest BCUT2D eigenvalue weighted by molar-refractivity contribution is 5.53. The number of nitrogens with one attached hydrogen (secondary N) is 1. The van der Waals surface area contributed by atoms with Gasteiger partial charge in [-0.1, -0.05) is 18.2 Å². The summed E-state index contributed by atoms with van der Waals surface area (Å²) in [5.74, 6) is 2.14. The molecule has 1 N–H and O–H groups in total. The van der Waals surface area contributed by atoms with Crippen LogP contribution in [0.1, 0.15) is 0 Å². The first-order valence-corrected chi connectivity index (χ1v) is 5.60. The molecule has 4 heteroatoms. The fourth-order valence-electron chi connectivity index (χ4n) is 1.61. The van der Waals surface area contributed by atoms with E-state index in [0.717, 1.165) is 17.1 Å². The molecule has 2 heterocycles. The second-order valence-electron chi connectivity index (χ2n) is 3.74. The van der Waals surface area contributed by atoms with Crippen molar-refractivity contribution in [2.45, 2.75) is 0 Å². The predicted molar refractivity (Wildman–Crippen MR) is 68.3 cm³/mol. The molecule has 2 aromatic heterocycles. The van der Waals surface area contributed by atoms with Crippen molar-refractivity contribution in [3.8, 4) is 23.0 Å². The lowest BCUT2D eigenvalue weighted by atomic mass is 10.3. The summed E-state index contributed by atoms with van der Waals surface area (Å²) in [7, 11) is 0. The van der Waals surface area contributed by atoms with Gasteiger partial charge in [-0.15, -0.1) is 0 Å². The molecule has 3 rings (SSSR count). The minimum atomic E-state index is 0.566. The summed E-state index contributed by atoms with van der Waals surface area (Å²) in [5.41, 5.74) is 0.931. The second kappa shape index (κ2) is 4.71. The van der Waals surface area contributed by atoms with Gasteiger partial charge in [-0.2, -0.15) is 0 Å².